The quantitative estimate of drug-likeness (QED) is 0.632. The van der Waals surface area contributed by atoms with Crippen LogP contribution in [0.2, 0.25) is 0 Å². The molecule has 1 rings (SSSR count). The molecule has 0 aliphatic carbocycles. The molecule has 0 unspecified atom stereocenters. The summed E-state index contributed by atoms with van der Waals surface area (Å²) in [6.07, 6.45) is 0.792. The lowest BCUT2D eigenvalue weighted by Crippen LogP contribution is -2.26. The Bertz CT molecular complexity index is 366. The molecule has 0 saturated heterocycles. The van der Waals surface area contributed by atoms with Gasteiger partial charge in [0.25, 0.3) is 0 Å². The Morgan fingerprint density at radius 1 is 1.18 bits per heavy atom. The van der Waals surface area contributed by atoms with Crippen LogP contribution in [0, 0.1) is 5.92 Å². The molecule has 5 N–H and O–H groups in total. The zero-order valence-electron chi connectivity index (χ0n) is 10.3. The summed E-state index contributed by atoms with van der Waals surface area (Å²) in [7, 11) is 0. The van der Waals surface area contributed by atoms with Gasteiger partial charge in [-0.05, 0) is 30.9 Å². The van der Waals surface area contributed by atoms with E-state index in [0.29, 0.717) is 17.9 Å². The summed E-state index contributed by atoms with van der Waals surface area (Å²) in [6, 6.07) is 3.58. The Hall–Kier alpha value is -1.26. The summed E-state index contributed by atoms with van der Waals surface area (Å²) in [5.41, 5.74) is 6.34. The molecule has 4 heteroatoms. The van der Waals surface area contributed by atoms with Crippen molar-refractivity contribution in [1.82, 2.24) is 0 Å². The number of aromatic hydroxyl groups is 2. The Morgan fingerprint density at radius 2 is 1.82 bits per heavy atom. The van der Waals surface area contributed by atoms with Gasteiger partial charge in [0.05, 0.1) is 12.1 Å². The van der Waals surface area contributed by atoms with Gasteiger partial charge < -0.3 is 21.1 Å². The number of aliphatic hydroxyl groups is 1. The third kappa shape index (κ3) is 3.91. The second-order valence-electron chi connectivity index (χ2n) is 4.81. The van der Waals surface area contributed by atoms with E-state index in [1.54, 1.807) is 0 Å². The van der Waals surface area contributed by atoms with E-state index >= 15 is 0 Å². The first-order valence-corrected chi connectivity index (χ1v) is 5.87. The summed E-state index contributed by atoms with van der Waals surface area (Å²) in [6.45, 7) is 4.16. The number of benzene rings is 1. The Labute approximate surface area is 102 Å². The maximum atomic E-state index is 9.92. The molecule has 0 aliphatic heterocycles. The largest absolute Gasteiger partial charge is 0.508 e. The van der Waals surface area contributed by atoms with E-state index in [1.807, 2.05) is 0 Å². The average molecular weight is 239 g/mol. The Kier molecular flexibility index (Phi) is 4.78. The van der Waals surface area contributed by atoms with Gasteiger partial charge in [0.1, 0.15) is 11.5 Å². The first-order valence-electron chi connectivity index (χ1n) is 5.87. The minimum atomic E-state index is -0.687. The maximum absolute atomic E-state index is 9.92. The van der Waals surface area contributed by atoms with Crippen molar-refractivity contribution >= 4 is 0 Å². The third-order valence-electron chi connectivity index (χ3n) is 2.83. The third-order valence-corrected chi connectivity index (χ3v) is 2.83. The van der Waals surface area contributed by atoms with Crippen LogP contribution < -0.4 is 5.73 Å². The minimum absolute atomic E-state index is 0.0184. The molecule has 0 aromatic heterocycles. The summed E-state index contributed by atoms with van der Waals surface area (Å²) in [4.78, 5) is 0. The Balaban J connectivity index is 2.71. The summed E-state index contributed by atoms with van der Waals surface area (Å²) >= 11 is 0. The molecule has 4 nitrogen and oxygen atoms in total. The lowest BCUT2D eigenvalue weighted by atomic mass is 9.95. The van der Waals surface area contributed by atoms with Gasteiger partial charge in [-0.2, -0.15) is 0 Å². The molecule has 2 atom stereocenters. The van der Waals surface area contributed by atoms with Crippen molar-refractivity contribution in [3.63, 3.8) is 0 Å². The van der Waals surface area contributed by atoms with Crippen LogP contribution in [-0.4, -0.2) is 21.4 Å². The summed E-state index contributed by atoms with van der Waals surface area (Å²) in [5.74, 6) is 0.404. The van der Waals surface area contributed by atoms with E-state index < -0.39 is 12.1 Å². The number of hydrogen-bond donors (Lipinski definition) is 4. The van der Waals surface area contributed by atoms with Crippen LogP contribution in [0.15, 0.2) is 18.2 Å². The van der Waals surface area contributed by atoms with Gasteiger partial charge in [0.15, 0.2) is 0 Å². The molecular formula is C13H21NO3. The van der Waals surface area contributed by atoms with Gasteiger partial charge in [-0.3, -0.25) is 0 Å². The fourth-order valence-corrected chi connectivity index (χ4v) is 1.70. The van der Waals surface area contributed by atoms with Gasteiger partial charge >= 0.3 is 0 Å². The van der Waals surface area contributed by atoms with Crippen molar-refractivity contribution in [3.05, 3.63) is 23.8 Å². The van der Waals surface area contributed by atoms with Crippen LogP contribution in [0.25, 0.3) is 0 Å². The molecule has 96 valence electrons. The topological polar surface area (TPSA) is 86.7 Å². The molecule has 0 fully saturated rings. The van der Waals surface area contributed by atoms with Crippen molar-refractivity contribution in [2.75, 3.05) is 0 Å². The molecule has 0 heterocycles. The van der Waals surface area contributed by atoms with E-state index in [1.165, 1.54) is 18.2 Å². The fraction of sp³-hybridized carbons (Fsp3) is 0.538. The van der Waals surface area contributed by atoms with Crippen molar-refractivity contribution in [2.24, 2.45) is 11.7 Å². The molecule has 0 saturated carbocycles. The molecular weight excluding hydrogens is 218 g/mol. The average Bonchev–Trinajstić information content (AvgIpc) is 2.25. The number of nitrogens with two attached hydrogens (primary N) is 1. The van der Waals surface area contributed by atoms with Gasteiger partial charge in [0, 0.05) is 11.6 Å². The molecule has 17 heavy (non-hydrogen) atoms. The van der Waals surface area contributed by atoms with E-state index in [-0.39, 0.29) is 11.5 Å². The second kappa shape index (κ2) is 5.89. The SMILES string of the molecule is CC(C)CC[C@@H](O)[C@@H](N)c1ccc(O)cc1O. The predicted octanol–water partition coefficient (Wildman–Crippen LogP) is 1.89. The highest BCUT2D eigenvalue weighted by molar-refractivity contribution is 5.41. The van der Waals surface area contributed by atoms with Crippen LogP contribution in [0.5, 0.6) is 11.5 Å². The van der Waals surface area contributed by atoms with Gasteiger partial charge in [-0.15, -0.1) is 0 Å². The highest BCUT2D eigenvalue weighted by Crippen LogP contribution is 2.29. The zero-order chi connectivity index (χ0) is 13.0. The summed E-state index contributed by atoms with van der Waals surface area (Å²) in [5, 5.41) is 28.7. The van der Waals surface area contributed by atoms with Crippen LogP contribution in [0.1, 0.15) is 38.3 Å². The second-order valence-corrected chi connectivity index (χ2v) is 4.81. The molecule has 0 radical (unpaired) electrons. The fourth-order valence-electron chi connectivity index (χ4n) is 1.70. The van der Waals surface area contributed by atoms with Gasteiger partial charge in [-0.25, -0.2) is 0 Å². The molecule has 0 spiro atoms. The van der Waals surface area contributed by atoms with Crippen molar-refractivity contribution < 1.29 is 15.3 Å². The number of hydrogen-bond acceptors (Lipinski definition) is 4. The first-order chi connectivity index (χ1) is 7.91. The van der Waals surface area contributed by atoms with E-state index in [9.17, 15) is 15.3 Å². The standard InChI is InChI=1S/C13H21NO3/c1-8(2)3-6-11(16)13(14)10-5-4-9(15)7-12(10)17/h4-5,7-8,11,13,15-17H,3,6,14H2,1-2H3/t11-,13+/m1/s1. The number of phenols is 2. The number of rotatable bonds is 5. The zero-order valence-corrected chi connectivity index (χ0v) is 10.3. The predicted molar refractivity (Wildman–Crippen MR) is 66.8 cm³/mol. The van der Waals surface area contributed by atoms with Gasteiger partial charge in [0.2, 0.25) is 0 Å². The molecule has 1 aromatic carbocycles. The van der Waals surface area contributed by atoms with E-state index in [0.717, 1.165) is 6.42 Å². The highest BCUT2D eigenvalue weighted by Gasteiger charge is 2.20. The van der Waals surface area contributed by atoms with Gasteiger partial charge in [-0.1, -0.05) is 13.8 Å². The monoisotopic (exact) mass is 239 g/mol. The van der Waals surface area contributed by atoms with Crippen LogP contribution in [0.4, 0.5) is 0 Å². The van der Waals surface area contributed by atoms with Crippen LogP contribution >= 0.6 is 0 Å². The normalized spacial score (nSPS) is 14.9. The van der Waals surface area contributed by atoms with Crippen molar-refractivity contribution in [1.29, 1.82) is 0 Å². The molecule has 0 amide bonds. The Morgan fingerprint density at radius 3 is 2.35 bits per heavy atom. The molecule has 1 aromatic rings. The highest BCUT2D eigenvalue weighted by atomic mass is 16.3. The van der Waals surface area contributed by atoms with Crippen molar-refractivity contribution in [3.8, 4) is 11.5 Å². The first kappa shape index (κ1) is 13.8. The minimum Gasteiger partial charge on any atom is -0.508 e. The maximum Gasteiger partial charge on any atom is 0.124 e. The van der Waals surface area contributed by atoms with Crippen LogP contribution in [-0.2, 0) is 0 Å². The van der Waals surface area contributed by atoms with E-state index in [4.69, 9.17) is 5.73 Å². The molecule has 0 aliphatic rings. The summed E-state index contributed by atoms with van der Waals surface area (Å²) < 4.78 is 0. The smallest absolute Gasteiger partial charge is 0.124 e. The van der Waals surface area contributed by atoms with Crippen molar-refractivity contribution in [2.45, 2.75) is 38.8 Å². The molecule has 0 bridgehead atoms. The van der Waals surface area contributed by atoms with Crippen LogP contribution in [0.3, 0.4) is 0 Å². The lowest BCUT2D eigenvalue weighted by Gasteiger charge is -2.20. The number of aliphatic hydroxyl groups excluding tert-OH is 1. The van der Waals surface area contributed by atoms with E-state index in [2.05, 4.69) is 13.8 Å². The number of phenolic OH excluding ortho intramolecular Hbond substituents is 2. The lowest BCUT2D eigenvalue weighted by molar-refractivity contribution is 0.127.